The molecule has 0 spiro atoms. The van der Waals surface area contributed by atoms with Crippen LogP contribution in [0.4, 0.5) is 17.1 Å². The maximum Gasteiger partial charge on any atom is 0.0540 e. The number of aryl methyl sites for hydroxylation is 1. The summed E-state index contributed by atoms with van der Waals surface area (Å²) in [6.45, 7) is 2.13. The molecule has 0 atom stereocenters. The largest absolute Gasteiger partial charge is 0.310 e. The van der Waals surface area contributed by atoms with Gasteiger partial charge in [-0.3, -0.25) is 0 Å². The molecule has 0 bridgehead atoms. The van der Waals surface area contributed by atoms with E-state index in [9.17, 15) is 0 Å². The van der Waals surface area contributed by atoms with Gasteiger partial charge in [0.15, 0.2) is 0 Å². The molecule has 5 aromatic carbocycles. The number of rotatable bonds is 4. The number of fused-ring (bicyclic) bond motifs is 1. The minimum Gasteiger partial charge on any atom is -0.310 e. The molecule has 1 nitrogen and oxygen atoms in total. The number of benzene rings is 5. The summed E-state index contributed by atoms with van der Waals surface area (Å²) in [4.78, 5) is 2.34. The van der Waals surface area contributed by atoms with Crippen molar-refractivity contribution in [2.75, 3.05) is 4.90 Å². The second-order valence-electron chi connectivity index (χ2n) is 7.58. The van der Waals surface area contributed by atoms with Crippen molar-refractivity contribution >= 4 is 27.8 Å². The summed E-state index contributed by atoms with van der Waals surface area (Å²) in [5.41, 5.74) is 7.21. The van der Waals surface area contributed by atoms with Gasteiger partial charge in [0.2, 0.25) is 0 Å². The van der Waals surface area contributed by atoms with E-state index >= 15 is 0 Å². The van der Waals surface area contributed by atoms with Crippen molar-refractivity contribution in [1.82, 2.24) is 0 Å². The molecule has 0 N–H and O–H groups in total. The second-order valence-corrected chi connectivity index (χ2v) is 7.58. The third-order valence-electron chi connectivity index (χ3n) is 5.53. The van der Waals surface area contributed by atoms with Crippen LogP contribution in [0.5, 0.6) is 0 Å². The summed E-state index contributed by atoms with van der Waals surface area (Å²) in [5, 5.41) is 2.49. The van der Waals surface area contributed by atoms with Crippen LogP contribution in [-0.2, 0) is 0 Å². The molecule has 1 heteroatoms. The highest BCUT2D eigenvalue weighted by molar-refractivity contribution is 5.98. The van der Waals surface area contributed by atoms with Gasteiger partial charge in [-0.2, -0.15) is 0 Å². The van der Waals surface area contributed by atoms with E-state index in [2.05, 4.69) is 133 Å². The molecule has 0 saturated carbocycles. The first-order chi connectivity index (χ1) is 14.8. The van der Waals surface area contributed by atoms with Crippen LogP contribution >= 0.6 is 0 Å². The van der Waals surface area contributed by atoms with E-state index in [1.807, 2.05) is 0 Å². The van der Waals surface area contributed by atoms with Crippen molar-refractivity contribution in [3.8, 4) is 11.1 Å². The van der Waals surface area contributed by atoms with Gasteiger partial charge in [-0.15, -0.1) is 0 Å². The Bertz CT molecular complexity index is 1260. The summed E-state index contributed by atoms with van der Waals surface area (Å²) in [7, 11) is 0. The van der Waals surface area contributed by atoms with Crippen LogP contribution in [0.3, 0.4) is 0 Å². The highest BCUT2D eigenvalue weighted by Gasteiger charge is 2.15. The molecule has 0 heterocycles. The third-order valence-corrected chi connectivity index (χ3v) is 5.53. The lowest BCUT2D eigenvalue weighted by molar-refractivity contribution is 1.29. The Hall–Kier alpha value is -3.84. The van der Waals surface area contributed by atoms with Crippen molar-refractivity contribution in [3.63, 3.8) is 0 Å². The van der Waals surface area contributed by atoms with E-state index in [1.54, 1.807) is 0 Å². The maximum absolute atomic E-state index is 2.34. The standard InChI is InChI=1S/C29H23N/c1-22-14-18-26(19-15-22)30(29-13-7-11-25-10-5-6-12-28(25)29)27-20-16-24(17-21-27)23-8-3-2-4-9-23/h2-21H,1H3. The monoisotopic (exact) mass is 385 g/mol. The molecule has 5 rings (SSSR count). The predicted molar refractivity (Wildman–Crippen MR) is 129 cm³/mol. The molecule has 0 aromatic heterocycles. The summed E-state index contributed by atoms with van der Waals surface area (Å²) in [6, 6.07) is 43.2. The van der Waals surface area contributed by atoms with E-state index in [1.165, 1.54) is 33.2 Å². The van der Waals surface area contributed by atoms with Crippen LogP contribution in [-0.4, -0.2) is 0 Å². The number of anilines is 3. The van der Waals surface area contributed by atoms with Crippen molar-refractivity contribution < 1.29 is 0 Å². The van der Waals surface area contributed by atoms with Crippen LogP contribution in [0.25, 0.3) is 21.9 Å². The number of nitrogens with zero attached hydrogens (tertiary/aromatic N) is 1. The average molecular weight is 386 g/mol. The Morgan fingerprint density at radius 2 is 1.03 bits per heavy atom. The smallest absolute Gasteiger partial charge is 0.0540 e. The third kappa shape index (κ3) is 3.46. The van der Waals surface area contributed by atoms with Crippen LogP contribution in [0.2, 0.25) is 0 Å². The topological polar surface area (TPSA) is 3.24 Å². The minimum absolute atomic E-state index is 1.15. The first-order valence-electron chi connectivity index (χ1n) is 10.3. The summed E-state index contributed by atoms with van der Waals surface area (Å²) >= 11 is 0. The summed E-state index contributed by atoms with van der Waals surface area (Å²) in [5.74, 6) is 0. The molecule has 0 aliphatic heterocycles. The van der Waals surface area contributed by atoms with Crippen LogP contribution in [0.1, 0.15) is 5.56 Å². The summed E-state index contributed by atoms with van der Waals surface area (Å²) in [6.07, 6.45) is 0. The van der Waals surface area contributed by atoms with Gasteiger partial charge in [-0.25, -0.2) is 0 Å². The van der Waals surface area contributed by atoms with Crippen molar-refractivity contribution in [3.05, 3.63) is 127 Å². The first-order valence-corrected chi connectivity index (χ1v) is 10.3. The minimum atomic E-state index is 1.15. The summed E-state index contributed by atoms with van der Waals surface area (Å²) < 4.78 is 0. The lowest BCUT2D eigenvalue weighted by atomic mass is 10.0. The molecule has 0 fully saturated rings. The SMILES string of the molecule is Cc1ccc(N(c2ccc(-c3ccccc3)cc2)c2cccc3ccccc23)cc1. The van der Waals surface area contributed by atoms with E-state index in [4.69, 9.17) is 0 Å². The van der Waals surface area contributed by atoms with Crippen molar-refractivity contribution in [2.24, 2.45) is 0 Å². The highest BCUT2D eigenvalue weighted by Crippen LogP contribution is 2.39. The normalized spacial score (nSPS) is 10.8. The molecular weight excluding hydrogens is 362 g/mol. The Morgan fingerprint density at radius 3 is 1.77 bits per heavy atom. The molecule has 30 heavy (non-hydrogen) atoms. The predicted octanol–water partition coefficient (Wildman–Crippen LogP) is 8.29. The van der Waals surface area contributed by atoms with Crippen molar-refractivity contribution in [2.45, 2.75) is 6.92 Å². The van der Waals surface area contributed by atoms with E-state index in [-0.39, 0.29) is 0 Å². The fourth-order valence-corrected chi connectivity index (χ4v) is 3.96. The molecule has 0 aliphatic rings. The Labute approximate surface area is 177 Å². The molecule has 0 aliphatic carbocycles. The van der Waals surface area contributed by atoms with Crippen LogP contribution < -0.4 is 4.90 Å². The maximum atomic E-state index is 2.34. The lowest BCUT2D eigenvalue weighted by Crippen LogP contribution is -2.10. The Balaban J connectivity index is 1.66. The van der Waals surface area contributed by atoms with E-state index < -0.39 is 0 Å². The molecular formula is C29H23N. The van der Waals surface area contributed by atoms with Gasteiger partial charge in [0.1, 0.15) is 0 Å². The molecule has 5 aromatic rings. The molecule has 0 amide bonds. The fourth-order valence-electron chi connectivity index (χ4n) is 3.96. The zero-order valence-corrected chi connectivity index (χ0v) is 17.0. The molecule has 0 radical (unpaired) electrons. The first kappa shape index (κ1) is 18.2. The number of hydrogen-bond donors (Lipinski definition) is 0. The molecule has 144 valence electrons. The fraction of sp³-hybridized carbons (Fsp3) is 0.0345. The zero-order chi connectivity index (χ0) is 20.3. The quantitative estimate of drug-likeness (QED) is 0.301. The van der Waals surface area contributed by atoms with Gasteiger partial charge < -0.3 is 4.90 Å². The Kier molecular flexibility index (Phi) is 4.78. The van der Waals surface area contributed by atoms with Crippen LogP contribution in [0.15, 0.2) is 121 Å². The average Bonchev–Trinajstić information content (AvgIpc) is 2.82. The number of hydrogen-bond acceptors (Lipinski definition) is 1. The van der Waals surface area contributed by atoms with E-state index in [0.717, 1.165) is 11.4 Å². The van der Waals surface area contributed by atoms with Gasteiger partial charge in [-0.05, 0) is 53.8 Å². The van der Waals surface area contributed by atoms with Gasteiger partial charge in [0, 0.05) is 16.8 Å². The van der Waals surface area contributed by atoms with Crippen LogP contribution in [0, 0.1) is 6.92 Å². The van der Waals surface area contributed by atoms with E-state index in [0.29, 0.717) is 0 Å². The van der Waals surface area contributed by atoms with Gasteiger partial charge in [0.25, 0.3) is 0 Å². The van der Waals surface area contributed by atoms with Gasteiger partial charge in [-0.1, -0.05) is 96.6 Å². The Morgan fingerprint density at radius 1 is 0.467 bits per heavy atom. The van der Waals surface area contributed by atoms with Gasteiger partial charge in [0.05, 0.1) is 5.69 Å². The second kappa shape index (κ2) is 7.88. The zero-order valence-electron chi connectivity index (χ0n) is 17.0. The molecule has 0 saturated heterocycles. The van der Waals surface area contributed by atoms with Gasteiger partial charge >= 0.3 is 0 Å². The highest BCUT2D eigenvalue weighted by atomic mass is 15.1. The molecule has 0 unspecified atom stereocenters. The van der Waals surface area contributed by atoms with Crippen molar-refractivity contribution in [1.29, 1.82) is 0 Å². The lowest BCUT2D eigenvalue weighted by Gasteiger charge is -2.27.